The maximum Gasteiger partial charge on any atom is 0.223 e. The largest absolute Gasteiger partial charge is 0.356 e. The Labute approximate surface area is 142 Å². The van der Waals surface area contributed by atoms with Crippen LogP contribution in [-0.2, 0) is 4.79 Å². The van der Waals surface area contributed by atoms with E-state index in [-0.39, 0.29) is 11.8 Å². The van der Waals surface area contributed by atoms with Crippen LogP contribution in [0.2, 0.25) is 0 Å². The van der Waals surface area contributed by atoms with E-state index in [0.29, 0.717) is 13.1 Å². The van der Waals surface area contributed by atoms with Crippen LogP contribution in [0, 0.1) is 11.8 Å². The Balaban J connectivity index is 2.04. The first-order chi connectivity index (χ1) is 11.1. The molecular weight excluding hydrogens is 288 g/mol. The Morgan fingerprint density at radius 3 is 2.30 bits per heavy atom. The second-order valence-electron chi connectivity index (χ2n) is 6.94. The summed E-state index contributed by atoms with van der Waals surface area (Å²) in [4.78, 5) is 16.2. The van der Waals surface area contributed by atoms with Crippen LogP contribution in [0.15, 0.2) is 4.99 Å². The van der Waals surface area contributed by atoms with Crippen LogP contribution in [0.4, 0.5) is 0 Å². The van der Waals surface area contributed by atoms with E-state index >= 15 is 0 Å². The van der Waals surface area contributed by atoms with Gasteiger partial charge in [-0.05, 0) is 25.2 Å². The first kappa shape index (κ1) is 19.8. The normalized spacial score (nSPS) is 16.4. The molecule has 0 saturated heterocycles. The third-order valence-electron chi connectivity index (χ3n) is 4.42. The highest BCUT2D eigenvalue weighted by atomic mass is 16.1. The standard InChI is InChI=1S/C18H36N4O/c1-15(2)9-7-8-12-21-18(19-3)22-14-13-20-17(23)16-10-5-4-6-11-16/h15-16H,4-14H2,1-3H3,(H,20,23)(H2,19,21,22). The Hall–Kier alpha value is -1.26. The number of aliphatic imine (C=N–C) groups is 1. The molecule has 1 rings (SSSR count). The number of guanidine groups is 1. The molecule has 0 atom stereocenters. The van der Waals surface area contributed by atoms with Crippen LogP contribution in [-0.4, -0.2) is 38.5 Å². The Bertz CT molecular complexity index is 349. The number of carbonyl (C=O) groups is 1. The van der Waals surface area contributed by atoms with Gasteiger partial charge < -0.3 is 16.0 Å². The molecule has 0 radical (unpaired) electrons. The van der Waals surface area contributed by atoms with Gasteiger partial charge >= 0.3 is 0 Å². The lowest BCUT2D eigenvalue weighted by Gasteiger charge is -2.21. The van der Waals surface area contributed by atoms with Crippen molar-refractivity contribution in [1.29, 1.82) is 0 Å². The van der Waals surface area contributed by atoms with Crippen molar-refractivity contribution in [3.63, 3.8) is 0 Å². The van der Waals surface area contributed by atoms with Gasteiger partial charge in [0, 0.05) is 32.6 Å². The van der Waals surface area contributed by atoms with Gasteiger partial charge in [0.25, 0.3) is 0 Å². The molecule has 1 saturated carbocycles. The number of nitrogens with one attached hydrogen (secondary N) is 3. The van der Waals surface area contributed by atoms with Crippen molar-refractivity contribution in [3.8, 4) is 0 Å². The smallest absolute Gasteiger partial charge is 0.223 e. The van der Waals surface area contributed by atoms with Crippen molar-refractivity contribution in [2.24, 2.45) is 16.8 Å². The van der Waals surface area contributed by atoms with E-state index in [2.05, 4.69) is 34.8 Å². The van der Waals surface area contributed by atoms with Crippen molar-refractivity contribution < 1.29 is 4.79 Å². The molecule has 0 heterocycles. The highest BCUT2D eigenvalue weighted by Crippen LogP contribution is 2.23. The number of hydrogen-bond donors (Lipinski definition) is 3. The van der Waals surface area contributed by atoms with Gasteiger partial charge in [0.1, 0.15) is 0 Å². The average molecular weight is 325 g/mol. The van der Waals surface area contributed by atoms with Crippen molar-refractivity contribution in [1.82, 2.24) is 16.0 Å². The molecule has 5 nitrogen and oxygen atoms in total. The summed E-state index contributed by atoms with van der Waals surface area (Å²) >= 11 is 0. The van der Waals surface area contributed by atoms with E-state index in [1.807, 2.05) is 0 Å². The molecule has 1 aliphatic rings. The molecule has 1 aliphatic carbocycles. The van der Waals surface area contributed by atoms with Crippen LogP contribution in [0.5, 0.6) is 0 Å². The molecule has 23 heavy (non-hydrogen) atoms. The zero-order valence-electron chi connectivity index (χ0n) is 15.3. The first-order valence-electron chi connectivity index (χ1n) is 9.35. The lowest BCUT2D eigenvalue weighted by Crippen LogP contribution is -2.42. The third kappa shape index (κ3) is 9.47. The molecule has 134 valence electrons. The van der Waals surface area contributed by atoms with Gasteiger partial charge in [-0.15, -0.1) is 0 Å². The molecule has 0 spiro atoms. The van der Waals surface area contributed by atoms with Crippen LogP contribution in [0.3, 0.4) is 0 Å². The summed E-state index contributed by atoms with van der Waals surface area (Å²) in [5.74, 6) is 2.06. The van der Waals surface area contributed by atoms with E-state index in [0.717, 1.165) is 37.7 Å². The maximum atomic E-state index is 12.0. The molecule has 0 aliphatic heterocycles. The van der Waals surface area contributed by atoms with Gasteiger partial charge in [0.2, 0.25) is 5.91 Å². The monoisotopic (exact) mass is 324 g/mol. The van der Waals surface area contributed by atoms with Crippen LogP contribution in [0.1, 0.15) is 65.2 Å². The molecule has 3 N–H and O–H groups in total. The number of carbonyl (C=O) groups excluding carboxylic acids is 1. The number of rotatable bonds is 9. The average Bonchev–Trinajstić information content (AvgIpc) is 2.56. The van der Waals surface area contributed by atoms with Crippen molar-refractivity contribution in [3.05, 3.63) is 0 Å². The fourth-order valence-electron chi connectivity index (χ4n) is 2.98. The number of unbranched alkanes of at least 4 members (excludes halogenated alkanes) is 1. The molecular formula is C18H36N4O. The molecule has 5 heteroatoms. The van der Waals surface area contributed by atoms with Crippen molar-refractivity contribution >= 4 is 11.9 Å². The van der Waals surface area contributed by atoms with E-state index < -0.39 is 0 Å². The zero-order chi connectivity index (χ0) is 16.9. The summed E-state index contributed by atoms with van der Waals surface area (Å²) in [6.45, 7) is 6.83. The number of nitrogens with zero attached hydrogens (tertiary/aromatic N) is 1. The molecule has 1 amide bonds. The molecule has 0 aromatic heterocycles. The molecule has 0 aromatic rings. The van der Waals surface area contributed by atoms with Gasteiger partial charge in [-0.3, -0.25) is 9.79 Å². The Kier molecular flexibility index (Phi) is 10.5. The summed E-state index contributed by atoms with van der Waals surface area (Å²) in [5.41, 5.74) is 0. The summed E-state index contributed by atoms with van der Waals surface area (Å²) in [6, 6.07) is 0. The minimum absolute atomic E-state index is 0.225. The second-order valence-corrected chi connectivity index (χ2v) is 6.94. The highest BCUT2D eigenvalue weighted by Gasteiger charge is 2.20. The quantitative estimate of drug-likeness (QED) is 0.347. The fraction of sp³-hybridized carbons (Fsp3) is 0.889. The van der Waals surface area contributed by atoms with Crippen molar-refractivity contribution in [2.75, 3.05) is 26.7 Å². The van der Waals surface area contributed by atoms with Gasteiger partial charge in [0.15, 0.2) is 5.96 Å². The third-order valence-corrected chi connectivity index (χ3v) is 4.42. The minimum Gasteiger partial charge on any atom is -0.356 e. The molecule has 0 aromatic carbocycles. The number of hydrogen-bond acceptors (Lipinski definition) is 2. The lowest BCUT2D eigenvalue weighted by atomic mass is 9.89. The highest BCUT2D eigenvalue weighted by molar-refractivity contribution is 5.80. The molecule has 0 bridgehead atoms. The van der Waals surface area contributed by atoms with E-state index in [1.165, 1.54) is 32.1 Å². The first-order valence-corrected chi connectivity index (χ1v) is 9.35. The SMILES string of the molecule is CN=C(NCCCCC(C)C)NCCNC(=O)C1CCCCC1. The Morgan fingerprint density at radius 1 is 1.00 bits per heavy atom. The van der Waals surface area contributed by atoms with Crippen molar-refractivity contribution in [2.45, 2.75) is 65.2 Å². The Morgan fingerprint density at radius 2 is 1.65 bits per heavy atom. The predicted octanol–water partition coefficient (Wildman–Crippen LogP) is 2.67. The van der Waals surface area contributed by atoms with Gasteiger partial charge in [0.05, 0.1) is 0 Å². The van der Waals surface area contributed by atoms with Crippen LogP contribution >= 0.6 is 0 Å². The van der Waals surface area contributed by atoms with Crippen LogP contribution < -0.4 is 16.0 Å². The second kappa shape index (κ2) is 12.2. The van der Waals surface area contributed by atoms with Crippen LogP contribution in [0.25, 0.3) is 0 Å². The summed E-state index contributed by atoms with van der Waals surface area (Å²) in [5, 5.41) is 9.61. The van der Waals surface area contributed by atoms with Gasteiger partial charge in [-0.25, -0.2) is 0 Å². The maximum absolute atomic E-state index is 12.0. The fourth-order valence-corrected chi connectivity index (χ4v) is 2.98. The number of amides is 1. The molecule has 0 unspecified atom stereocenters. The van der Waals surface area contributed by atoms with E-state index in [1.54, 1.807) is 7.05 Å². The lowest BCUT2D eigenvalue weighted by molar-refractivity contribution is -0.125. The van der Waals surface area contributed by atoms with Gasteiger partial charge in [-0.2, -0.15) is 0 Å². The zero-order valence-corrected chi connectivity index (χ0v) is 15.3. The minimum atomic E-state index is 0.225. The summed E-state index contributed by atoms with van der Waals surface area (Å²) < 4.78 is 0. The molecule has 1 fully saturated rings. The summed E-state index contributed by atoms with van der Waals surface area (Å²) in [6.07, 6.45) is 9.48. The topological polar surface area (TPSA) is 65.5 Å². The van der Waals surface area contributed by atoms with E-state index in [9.17, 15) is 4.79 Å². The van der Waals surface area contributed by atoms with E-state index in [4.69, 9.17) is 0 Å². The van der Waals surface area contributed by atoms with Gasteiger partial charge in [-0.1, -0.05) is 46.0 Å². The predicted molar refractivity (Wildman–Crippen MR) is 97.6 cm³/mol. The summed E-state index contributed by atoms with van der Waals surface area (Å²) in [7, 11) is 1.78.